The molecule has 0 bridgehead atoms. The standard InChI is InChI=1S/C14H10N4OS/c15-7-11-13(17-9-10-3-1-5-16-8-10)19-14(18-11)12-4-2-6-20-12/h1-6,8,17H,9H2. The molecule has 3 aromatic rings. The number of oxazole rings is 1. The Labute approximate surface area is 119 Å². The third-order valence-electron chi connectivity index (χ3n) is 2.64. The lowest BCUT2D eigenvalue weighted by Gasteiger charge is -2.01. The molecule has 0 aromatic carbocycles. The summed E-state index contributed by atoms with van der Waals surface area (Å²) in [6, 6.07) is 9.66. The van der Waals surface area contributed by atoms with Crippen LogP contribution in [0.2, 0.25) is 0 Å². The van der Waals surface area contributed by atoms with Crippen LogP contribution in [-0.4, -0.2) is 9.97 Å². The van der Waals surface area contributed by atoms with Crippen LogP contribution in [0.15, 0.2) is 46.5 Å². The van der Waals surface area contributed by atoms with Crippen LogP contribution < -0.4 is 5.32 Å². The monoisotopic (exact) mass is 282 g/mol. The van der Waals surface area contributed by atoms with E-state index in [1.165, 1.54) is 11.3 Å². The zero-order chi connectivity index (χ0) is 13.8. The fourth-order valence-corrected chi connectivity index (χ4v) is 2.36. The van der Waals surface area contributed by atoms with Gasteiger partial charge in [0.25, 0.3) is 0 Å². The summed E-state index contributed by atoms with van der Waals surface area (Å²) in [7, 11) is 0. The van der Waals surface area contributed by atoms with E-state index >= 15 is 0 Å². The number of nitriles is 1. The van der Waals surface area contributed by atoms with E-state index in [-0.39, 0.29) is 5.69 Å². The predicted octanol–water partition coefficient (Wildman–Crippen LogP) is 3.28. The molecule has 5 nitrogen and oxygen atoms in total. The van der Waals surface area contributed by atoms with Gasteiger partial charge in [-0.2, -0.15) is 10.2 Å². The van der Waals surface area contributed by atoms with E-state index < -0.39 is 0 Å². The van der Waals surface area contributed by atoms with Gasteiger partial charge < -0.3 is 9.73 Å². The third kappa shape index (κ3) is 2.53. The van der Waals surface area contributed by atoms with Crippen molar-refractivity contribution in [3.8, 4) is 16.8 Å². The molecule has 0 saturated carbocycles. The van der Waals surface area contributed by atoms with Crippen molar-refractivity contribution in [3.05, 3.63) is 53.3 Å². The average Bonchev–Trinajstić information content (AvgIpc) is 3.15. The van der Waals surface area contributed by atoms with Crippen LogP contribution in [0.1, 0.15) is 11.3 Å². The van der Waals surface area contributed by atoms with Crippen molar-refractivity contribution < 1.29 is 4.42 Å². The summed E-state index contributed by atoms with van der Waals surface area (Å²) < 4.78 is 5.62. The minimum atomic E-state index is 0.261. The van der Waals surface area contributed by atoms with Crippen LogP contribution >= 0.6 is 11.3 Å². The Kier molecular flexibility index (Phi) is 3.44. The van der Waals surface area contributed by atoms with Crippen molar-refractivity contribution in [3.63, 3.8) is 0 Å². The lowest BCUT2D eigenvalue weighted by Crippen LogP contribution is -1.99. The molecular weight excluding hydrogens is 272 g/mol. The van der Waals surface area contributed by atoms with Gasteiger partial charge in [-0.15, -0.1) is 11.3 Å². The summed E-state index contributed by atoms with van der Waals surface area (Å²) in [5.41, 5.74) is 1.27. The van der Waals surface area contributed by atoms with Crippen molar-refractivity contribution in [1.82, 2.24) is 9.97 Å². The molecule has 1 N–H and O–H groups in total. The SMILES string of the molecule is N#Cc1nc(-c2cccs2)oc1NCc1cccnc1. The van der Waals surface area contributed by atoms with Gasteiger partial charge in [-0.3, -0.25) is 4.98 Å². The number of nitrogens with one attached hydrogen (secondary N) is 1. The van der Waals surface area contributed by atoms with Gasteiger partial charge in [-0.1, -0.05) is 12.1 Å². The van der Waals surface area contributed by atoms with Crippen molar-refractivity contribution in [2.24, 2.45) is 0 Å². The molecule has 0 fully saturated rings. The molecule has 0 saturated heterocycles. The second-order valence-electron chi connectivity index (χ2n) is 4.00. The first-order valence-corrected chi connectivity index (χ1v) is 6.82. The van der Waals surface area contributed by atoms with Gasteiger partial charge >= 0.3 is 0 Å². The van der Waals surface area contributed by atoms with Crippen LogP contribution in [-0.2, 0) is 6.54 Å². The smallest absolute Gasteiger partial charge is 0.240 e. The third-order valence-corrected chi connectivity index (χ3v) is 3.50. The number of thiophene rings is 1. The molecule has 98 valence electrons. The topological polar surface area (TPSA) is 74.7 Å². The normalized spacial score (nSPS) is 10.2. The first kappa shape index (κ1) is 12.4. The van der Waals surface area contributed by atoms with Gasteiger partial charge in [0.05, 0.1) is 4.88 Å². The van der Waals surface area contributed by atoms with Gasteiger partial charge in [-0.25, -0.2) is 0 Å². The highest BCUT2D eigenvalue weighted by Crippen LogP contribution is 2.28. The first-order valence-electron chi connectivity index (χ1n) is 5.94. The Hall–Kier alpha value is -2.65. The van der Waals surface area contributed by atoms with E-state index in [1.54, 1.807) is 12.4 Å². The number of hydrogen-bond donors (Lipinski definition) is 1. The summed E-state index contributed by atoms with van der Waals surface area (Å²) in [6.45, 7) is 0.529. The summed E-state index contributed by atoms with van der Waals surface area (Å²) in [6.07, 6.45) is 3.48. The molecule has 0 radical (unpaired) electrons. The maximum absolute atomic E-state index is 9.11. The van der Waals surface area contributed by atoms with Crippen molar-refractivity contribution >= 4 is 17.2 Å². The van der Waals surface area contributed by atoms with E-state index in [0.717, 1.165) is 10.4 Å². The fraction of sp³-hybridized carbons (Fsp3) is 0.0714. The minimum Gasteiger partial charge on any atom is -0.418 e. The zero-order valence-electron chi connectivity index (χ0n) is 10.4. The minimum absolute atomic E-state index is 0.261. The number of rotatable bonds is 4. The van der Waals surface area contributed by atoms with Crippen LogP contribution in [0.25, 0.3) is 10.8 Å². The molecule has 3 aromatic heterocycles. The molecule has 0 unspecified atom stereocenters. The predicted molar refractivity (Wildman–Crippen MR) is 76.1 cm³/mol. The van der Waals surface area contributed by atoms with Crippen LogP contribution in [0.4, 0.5) is 5.88 Å². The molecule has 20 heavy (non-hydrogen) atoms. The Bertz CT molecular complexity index is 728. The van der Waals surface area contributed by atoms with Gasteiger partial charge in [0.1, 0.15) is 6.07 Å². The van der Waals surface area contributed by atoms with Crippen molar-refractivity contribution in [2.45, 2.75) is 6.54 Å². The van der Waals surface area contributed by atoms with Gasteiger partial charge in [0.15, 0.2) is 0 Å². The zero-order valence-corrected chi connectivity index (χ0v) is 11.2. The molecule has 0 aliphatic carbocycles. The molecule has 0 atom stereocenters. The number of anilines is 1. The van der Waals surface area contributed by atoms with E-state index in [1.807, 2.05) is 35.7 Å². The quantitative estimate of drug-likeness (QED) is 0.794. The second kappa shape index (κ2) is 5.55. The molecule has 3 rings (SSSR count). The van der Waals surface area contributed by atoms with E-state index in [0.29, 0.717) is 18.3 Å². The second-order valence-corrected chi connectivity index (χ2v) is 4.95. The number of nitrogens with zero attached hydrogens (tertiary/aromatic N) is 3. The molecule has 0 spiro atoms. The molecular formula is C14H10N4OS. The molecule has 0 aliphatic heterocycles. The van der Waals surface area contributed by atoms with Gasteiger partial charge in [0.2, 0.25) is 17.5 Å². The Balaban J connectivity index is 1.81. The Morgan fingerprint density at radius 3 is 3.00 bits per heavy atom. The van der Waals surface area contributed by atoms with E-state index in [2.05, 4.69) is 15.3 Å². The fourth-order valence-electron chi connectivity index (χ4n) is 1.71. The summed E-state index contributed by atoms with van der Waals surface area (Å²) in [5.74, 6) is 0.852. The molecule has 6 heteroatoms. The summed E-state index contributed by atoms with van der Waals surface area (Å²) >= 11 is 1.52. The van der Waals surface area contributed by atoms with Crippen molar-refractivity contribution in [2.75, 3.05) is 5.32 Å². The average molecular weight is 282 g/mol. The van der Waals surface area contributed by atoms with Gasteiger partial charge in [0, 0.05) is 18.9 Å². The number of hydrogen-bond acceptors (Lipinski definition) is 6. The highest BCUT2D eigenvalue weighted by Gasteiger charge is 2.14. The Morgan fingerprint density at radius 2 is 2.30 bits per heavy atom. The van der Waals surface area contributed by atoms with E-state index in [9.17, 15) is 0 Å². The lowest BCUT2D eigenvalue weighted by molar-refractivity contribution is 0.586. The maximum Gasteiger partial charge on any atom is 0.240 e. The highest BCUT2D eigenvalue weighted by atomic mass is 32.1. The summed E-state index contributed by atoms with van der Waals surface area (Å²) in [5, 5.41) is 14.1. The van der Waals surface area contributed by atoms with Crippen LogP contribution in [0.5, 0.6) is 0 Å². The molecule has 3 heterocycles. The summed E-state index contributed by atoms with van der Waals surface area (Å²) in [4.78, 5) is 9.12. The lowest BCUT2D eigenvalue weighted by atomic mass is 10.3. The number of pyridine rings is 1. The maximum atomic E-state index is 9.11. The molecule has 0 aliphatic rings. The van der Waals surface area contributed by atoms with Crippen molar-refractivity contribution in [1.29, 1.82) is 5.26 Å². The van der Waals surface area contributed by atoms with Crippen LogP contribution in [0.3, 0.4) is 0 Å². The Morgan fingerprint density at radius 1 is 1.35 bits per heavy atom. The first-order chi connectivity index (χ1) is 9.86. The van der Waals surface area contributed by atoms with Gasteiger partial charge in [-0.05, 0) is 23.1 Å². The van der Waals surface area contributed by atoms with E-state index in [4.69, 9.17) is 9.68 Å². The van der Waals surface area contributed by atoms with Crippen LogP contribution in [0, 0.1) is 11.3 Å². The molecule has 0 amide bonds. The largest absolute Gasteiger partial charge is 0.418 e. The highest BCUT2D eigenvalue weighted by molar-refractivity contribution is 7.13. The number of aromatic nitrogens is 2.